The van der Waals surface area contributed by atoms with Gasteiger partial charge in [0.2, 0.25) is 0 Å². The Hall–Kier alpha value is -1.06. The van der Waals surface area contributed by atoms with Crippen molar-refractivity contribution in [2.24, 2.45) is 0 Å². The van der Waals surface area contributed by atoms with E-state index in [1.165, 1.54) is 5.56 Å². The van der Waals surface area contributed by atoms with Crippen LogP contribution in [0.3, 0.4) is 0 Å². The molecule has 3 nitrogen and oxygen atoms in total. The first-order valence-corrected chi connectivity index (χ1v) is 6.74. The van der Waals surface area contributed by atoms with Crippen LogP contribution in [0, 0.1) is 0 Å². The van der Waals surface area contributed by atoms with Gasteiger partial charge in [0, 0.05) is 25.7 Å². The van der Waals surface area contributed by atoms with Crippen molar-refractivity contribution in [3.63, 3.8) is 0 Å². The maximum absolute atomic E-state index is 5.17. The zero-order chi connectivity index (χ0) is 13.4. The van der Waals surface area contributed by atoms with Gasteiger partial charge in [0.25, 0.3) is 0 Å². The second-order valence-electron chi connectivity index (χ2n) is 4.83. The first kappa shape index (κ1) is 15.0. The predicted octanol–water partition coefficient (Wildman–Crippen LogP) is 2.52. The minimum Gasteiger partial charge on any atom is -0.497 e. The van der Waals surface area contributed by atoms with Crippen LogP contribution in [0.15, 0.2) is 24.3 Å². The molecule has 0 aliphatic rings. The third kappa shape index (κ3) is 5.52. The van der Waals surface area contributed by atoms with Gasteiger partial charge >= 0.3 is 0 Å². The van der Waals surface area contributed by atoms with Crippen molar-refractivity contribution in [1.29, 1.82) is 0 Å². The van der Waals surface area contributed by atoms with Crippen LogP contribution in [0.5, 0.6) is 5.75 Å². The first-order valence-electron chi connectivity index (χ1n) is 6.74. The lowest BCUT2D eigenvalue weighted by atomic mass is 10.2. The van der Waals surface area contributed by atoms with Crippen LogP contribution >= 0.6 is 0 Å². The summed E-state index contributed by atoms with van der Waals surface area (Å²) in [6.07, 6.45) is 0. The number of hydrogen-bond acceptors (Lipinski definition) is 3. The molecule has 3 heteroatoms. The average molecular weight is 250 g/mol. The van der Waals surface area contributed by atoms with E-state index in [2.05, 4.69) is 43.1 Å². The Labute approximate surface area is 111 Å². The van der Waals surface area contributed by atoms with E-state index in [0.717, 1.165) is 31.9 Å². The monoisotopic (exact) mass is 250 g/mol. The minimum atomic E-state index is 0.560. The van der Waals surface area contributed by atoms with Crippen LogP contribution in [-0.4, -0.2) is 37.7 Å². The van der Waals surface area contributed by atoms with E-state index in [9.17, 15) is 0 Å². The van der Waals surface area contributed by atoms with Crippen LogP contribution < -0.4 is 10.1 Å². The number of ether oxygens (including phenoxy) is 1. The van der Waals surface area contributed by atoms with Crippen LogP contribution in [-0.2, 0) is 6.54 Å². The van der Waals surface area contributed by atoms with E-state index < -0.39 is 0 Å². The van der Waals surface area contributed by atoms with Crippen LogP contribution in [0.4, 0.5) is 0 Å². The van der Waals surface area contributed by atoms with Gasteiger partial charge in [-0.15, -0.1) is 0 Å². The van der Waals surface area contributed by atoms with Gasteiger partial charge in [0.1, 0.15) is 5.75 Å². The maximum atomic E-state index is 5.17. The van der Waals surface area contributed by atoms with Gasteiger partial charge in [-0.05, 0) is 24.2 Å². The van der Waals surface area contributed by atoms with Gasteiger partial charge in [-0.25, -0.2) is 0 Å². The normalized spacial score (nSPS) is 11.2. The lowest BCUT2D eigenvalue weighted by molar-refractivity contribution is 0.276. The lowest BCUT2D eigenvalue weighted by Gasteiger charge is -2.21. The van der Waals surface area contributed by atoms with Crippen molar-refractivity contribution in [2.45, 2.75) is 33.4 Å². The van der Waals surface area contributed by atoms with E-state index in [-0.39, 0.29) is 0 Å². The Kier molecular flexibility index (Phi) is 6.76. The Morgan fingerprint density at radius 1 is 1.22 bits per heavy atom. The van der Waals surface area contributed by atoms with Crippen molar-refractivity contribution in [1.82, 2.24) is 10.2 Å². The van der Waals surface area contributed by atoms with Gasteiger partial charge in [-0.1, -0.05) is 32.9 Å². The standard InChI is InChI=1S/C15H26N2O/c1-5-17(11-10-16-13(2)3)12-14-6-8-15(18-4)9-7-14/h6-9,13,16H,5,10-12H2,1-4H3. The molecule has 0 aliphatic carbocycles. The molecule has 0 aromatic heterocycles. The van der Waals surface area contributed by atoms with Crippen molar-refractivity contribution < 1.29 is 4.74 Å². The summed E-state index contributed by atoms with van der Waals surface area (Å²) in [4.78, 5) is 2.44. The molecule has 0 amide bonds. The molecule has 0 fully saturated rings. The highest BCUT2D eigenvalue weighted by Crippen LogP contribution is 2.12. The van der Waals surface area contributed by atoms with Crippen LogP contribution in [0.25, 0.3) is 0 Å². The zero-order valence-corrected chi connectivity index (χ0v) is 12.1. The predicted molar refractivity (Wildman–Crippen MR) is 77.1 cm³/mol. The summed E-state index contributed by atoms with van der Waals surface area (Å²) < 4.78 is 5.17. The molecule has 1 N–H and O–H groups in total. The number of hydrogen-bond donors (Lipinski definition) is 1. The molecule has 0 heterocycles. The average Bonchev–Trinajstić information content (AvgIpc) is 2.38. The summed E-state index contributed by atoms with van der Waals surface area (Å²) in [6.45, 7) is 10.8. The van der Waals surface area contributed by atoms with Gasteiger partial charge in [-0.3, -0.25) is 4.90 Å². The highest BCUT2D eigenvalue weighted by atomic mass is 16.5. The Morgan fingerprint density at radius 3 is 2.39 bits per heavy atom. The zero-order valence-electron chi connectivity index (χ0n) is 12.1. The number of benzene rings is 1. The van der Waals surface area contributed by atoms with Crippen LogP contribution in [0.1, 0.15) is 26.3 Å². The molecule has 1 rings (SSSR count). The molecule has 1 aromatic rings. The number of methoxy groups -OCH3 is 1. The summed E-state index contributed by atoms with van der Waals surface area (Å²) in [6, 6.07) is 8.88. The van der Waals surface area contributed by atoms with Crippen LogP contribution in [0.2, 0.25) is 0 Å². The number of likely N-dealkylation sites (N-methyl/N-ethyl adjacent to an activating group) is 1. The SMILES string of the molecule is CCN(CCNC(C)C)Cc1ccc(OC)cc1. The van der Waals surface area contributed by atoms with Gasteiger partial charge in [0.15, 0.2) is 0 Å². The molecule has 0 atom stereocenters. The molecule has 102 valence electrons. The maximum Gasteiger partial charge on any atom is 0.118 e. The summed E-state index contributed by atoms with van der Waals surface area (Å²) in [5.41, 5.74) is 1.34. The van der Waals surface area contributed by atoms with Gasteiger partial charge in [-0.2, -0.15) is 0 Å². The fourth-order valence-electron chi connectivity index (χ4n) is 1.85. The third-order valence-corrected chi connectivity index (χ3v) is 2.99. The van der Waals surface area contributed by atoms with Gasteiger partial charge < -0.3 is 10.1 Å². The first-order chi connectivity index (χ1) is 8.65. The fourth-order valence-corrected chi connectivity index (χ4v) is 1.85. The smallest absolute Gasteiger partial charge is 0.118 e. The minimum absolute atomic E-state index is 0.560. The highest BCUT2D eigenvalue weighted by Gasteiger charge is 2.04. The summed E-state index contributed by atoms with van der Waals surface area (Å²) in [5, 5.41) is 3.45. The third-order valence-electron chi connectivity index (χ3n) is 2.99. The molecular weight excluding hydrogens is 224 g/mol. The molecule has 0 radical (unpaired) electrons. The number of nitrogens with zero attached hydrogens (tertiary/aromatic N) is 1. The van der Waals surface area contributed by atoms with E-state index in [1.54, 1.807) is 7.11 Å². The molecule has 0 bridgehead atoms. The van der Waals surface area contributed by atoms with Crippen molar-refractivity contribution in [3.8, 4) is 5.75 Å². The second kappa shape index (κ2) is 8.11. The molecule has 0 spiro atoms. The van der Waals surface area contributed by atoms with Gasteiger partial charge in [0.05, 0.1) is 7.11 Å². The molecule has 0 unspecified atom stereocenters. The molecule has 18 heavy (non-hydrogen) atoms. The van der Waals surface area contributed by atoms with Crippen molar-refractivity contribution in [3.05, 3.63) is 29.8 Å². The molecule has 0 aliphatic heterocycles. The highest BCUT2D eigenvalue weighted by molar-refractivity contribution is 5.27. The summed E-state index contributed by atoms with van der Waals surface area (Å²) >= 11 is 0. The molecule has 0 saturated heterocycles. The summed E-state index contributed by atoms with van der Waals surface area (Å²) in [5.74, 6) is 0.920. The lowest BCUT2D eigenvalue weighted by Crippen LogP contribution is -2.34. The number of rotatable bonds is 8. The molecular formula is C15H26N2O. The van der Waals surface area contributed by atoms with E-state index in [1.807, 2.05) is 12.1 Å². The van der Waals surface area contributed by atoms with Crippen molar-refractivity contribution in [2.75, 3.05) is 26.7 Å². The summed E-state index contributed by atoms with van der Waals surface area (Å²) in [7, 11) is 1.70. The van der Waals surface area contributed by atoms with E-state index in [4.69, 9.17) is 4.74 Å². The number of nitrogens with one attached hydrogen (secondary N) is 1. The topological polar surface area (TPSA) is 24.5 Å². The second-order valence-corrected chi connectivity index (χ2v) is 4.83. The Morgan fingerprint density at radius 2 is 1.89 bits per heavy atom. The Balaban J connectivity index is 2.41. The quantitative estimate of drug-likeness (QED) is 0.767. The van der Waals surface area contributed by atoms with E-state index in [0.29, 0.717) is 6.04 Å². The van der Waals surface area contributed by atoms with Crippen molar-refractivity contribution >= 4 is 0 Å². The fraction of sp³-hybridized carbons (Fsp3) is 0.600. The largest absolute Gasteiger partial charge is 0.497 e. The molecule has 0 saturated carbocycles. The van der Waals surface area contributed by atoms with E-state index >= 15 is 0 Å². The molecule has 1 aromatic carbocycles. The Bertz CT molecular complexity index is 322.